The molecule has 0 bridgehead atoms. The number of benzene rings is 1. The van der Waals surface area contributed by atoms with Crippen LogP contribution in [0.3, 0.4) is 0 Å². The predicted octanol–water partition coefficient (Wildman–Crippen LogP) is 3.96. The van der Waals surface area contributed by atoms with Gasteiger partial charge in [0.15, 0.2) is 5.16 Å². The Kier molecular flexibility index (Phi) is 6.74. The highest BCUT2D eigenvalue weighted by Crippen LogP contribution is 2.29. The quantitative estimate of drug-likeness (QED) is 0.696. The number of carbonyl (C=O) groups excluding carboxylic acids is 1. The molecular formula is C22H31N5OS. The number of hydrogen-bond acceptors (Lipinski definition) is 5. The molecule has 0 radical (unpaired) electrons. The number of anilines is 1. The van der Waals surface area contributed by atoms with Crippen LogP contribution < -0.4 is 10.2 Å². The number of thioether (sulfide) groups is 1. The largest absolute Gasteiger partial charge is 0.355 e. The fraction of sp³-hybridized carbons (Fsp3) is 0.591. The SMILES string of the molecule is Cc1ccc(-n2c(SCC(=O)NCC3CCCCC3)nnc2N2CCCC2)cc1. The summed E-state index contributed by atoms with van der Waals surface area (Å²) in [5.74, 6) is 1.99. The number of aromatic nitrogens is 3. The van der Waals surface area contributed by atoms with Crippen molar-refractivity contribution in [2.24, 2.45) is 5.92 Å². The fourth-order valence-electron chi connectivity index (χ4n) is 4.23. The van der Waals surface area contributed by atoms with Crippen molar-refractivity contribution < 1.29 is 4.79 Å². The second kappa shape index (κ2) is 9.65. The maximum absolute atomic E-state index is 12.4. The Balaban J connectivity index is 1.43. The third kappa shape index (κ3) is 5.13. The molecule has 1 aromatic carbocycles. The Bertz CT molecular complexity index is 807. The molecule has 4 rings (SSSR count). The van der Waals surface area contributed by atoms with Gasteiger partial charge in [-0.1, -0.05) is 48.7 Å². The molecule has 2 aromatic rings. The third-order valence-electron chi connectivity index (χ3n) is 5.94. The van der Waals surface area contributed by atoms with E-state index < -0.39 is 0 Å². The maximum atomic E-state index is 12.4. The summed E-state index contributed by atoms with van der Waals surface area (Å²) >= 11 is 1.47. The molecule has 0 unspecified atom stereocenters. The van der Waals surface area contributed by atoms with Crippen molar-refractivity contribution in [2.75, 3.05) is 30.3 Å². The molecule has 2 heterocycles. The van der Waals surface area contributed by atoms with Crippen molar-refractivity contribution in [3.8, 4) is 5.69 Å². The Morgan fingerprint density at radius 1 is 1.07 bits per heavy atom. The van der Waals surface area contributed by atoms with Crippen molar-refractivity contribution in [1.29, 1.82) is 0 Å². The zero-order chi connectivity index (χ0) is 20.1. The van der Waals surface area contributed by atoms with Crippen LogP contribution in [0.15, 0.2) is 29.4 Å². The summed E-state index contributed by atoms with van der Waals surface area (Å²) in [6, 6.07) is 8.42. The monoisotopic (exact) mass is 413 g/mol. The normalized spacial score (nSPS) is 17.6. The number of nitrogens with zero attached hydrogens (tertiary/aromatic N) is 4. The van der Waals surface area contributed by atoms with Gasteiger partial charge in [0.05, 0.1) is 11.4 Å². The van der Waals surface area contributed by atoms with Crippen molar-refractivity contribution in [1.82, 2.24) is 20.1 Å². The van der Waals surface area contributed by atoms with Gasteiger partial charge in [0.2, 0.25) is 11.9 Å². The Morgan fingerprint density at radius 3 is 2.52 bits per heavy atom. The van der Waals surface area contributed by atoms with Gasteiger partial charge in [0.25, 0.3) is 0 Å². The topological polar surface area (TPSA) is 63.1 Å². The second-order valence-corrected chi connectivity index (χ2v) is 9.19. The fourth-order valence-corrected chi connectivity index (χ4v) is 5.00. The van der Waals surface area contributed by atoms with Crippen molar-refractivity contribution >= 4 is 23.6 Å². The summed E-state index contributed by atoms with van der Waals surface area (Å²) in [5, 5.41) is 12.8. The zero-order valence-corrected chi connectivity index (χ0v) is 18.1. The van der Waals surface area contributed by atoms with Crippen LogP contribution in [-0.4, -0.2) is 46.1 Å². The van der Waals surface area contributed by atoms with E-state index in [1.165, 1.54) is 62.3 Å². The molecule has 1 aliphatic carbocycles. The first-order valence-corrected chi connectivity index (χ1v) is 11.9. The summed E-state index contributed by atoms with van der Waals surface area (Å²) in [7, 11) is 0. The van der Waals surface area contributed by atoms with Crippen LogP contribution in [0, 0.1) is 12.8 Å². The van der Waals surface area contributed by atoms with Gasteiger partial charge < -0.3 is 10.2 Å². The second-order valence-electron chi connectivity index (χ2n) is 8.24. The van der Waals surface area contributed by atoms with E-state index in [0.717, 1.165) is 36.4 Å². The molecule has 0 atom stereocenters. The highest BCUT2D eigenvalue weighted by molar-refractivity contribution is 7.99. The molecular weight excluding hydrogens is 382 g/mol. The first-order valence-electron chi connectivity index (χ1n) is 10.9. The first-order chi connectivity index (χ1) is 14.2. The molecule has 1 saturated heterocycles. The van der Waals surface area contributed by atoms with Gasteiger partial charge in [0.1, 0.15) is 0 Å². The van der Waals surface area contributed by atoms with Crippen LogP contribution >= 0.6 is 11.8 Å². The molecule has 29 heavy (non-hydrogen) atoms. The third-order valence-corrected chi connectivity index (χ3v) is 6.87. The standard InChI is InChI=1S/C22H31N5OS/c1-17-9-11-19(12-10-17)27-21(26-13-5-6-14-26)24-25-22(27)29-16-20(28)23-15-18-7-3-2-4-8-18/h9-12,18H,2-8,13-16H2,1H3,(H,23,28). The first kappa shape index (κ1) is 20.3. The minimum absolute atomic E-state index is 0.0850. The van der Waals surface area contributed by atoms with Crippen molar-refractivity contribution in [2.45, 2.75) is 57.0 Å². The van der Waals surface area contributed by atoms with Gasteiger partial charge in [-0.15, -0.1) is 10.2 Å². The van der Waals surface area contributed by atoms with Crippen molar-refractivity contribution in [3.63, 3.8) is 0 Å². The van der Waals surface area contributed by atoms with E-state index in [2.05, 4.69) is 56.2 Å². The van der Waals surface area contributed by atoms with Crippen LogP contribution in [0.2, 0.25) is 0 Å². The van der Waals surface area contributed by atoms with Gasteiger partial charge in [0, 0.05) is 19.6 Å². The summed E-state index contributed by atoms with van der Waals surface area (Å²) in [5.41, 5.74) is 2.27. The summed E-state index contributed by atoms with van der Waals surface area (Å²) in [6.07, 6.45) is 8.80. The number of hydrogen-bond donors (Lipinski definition) is 1. The molecule has 7 heteroatoms. The van der Waals surface area contributed by atoms with Gasteiger partial charge in [-0.25, -0.2) is 0 Å². The predicted molar refractivity (Wildman–Crippen MR) is 118 cm³/mol. The molecule has 1 N–H and O–H groups in total. The maximum Gasteiger partial charge on any atom is 0.232 e. The highest BCUT2D eigenvalue weighted by atomic mass is 32.2. The molecule has 1 saturated carbocycles. The number of nitrogens with one attached hydrogen (secondary N) is 1. The zero-order valence-electron chi connectivity index (χ0n) is 17.3. The average molecular weight is 414 g/mol. The number of aryl methyl sites for hydroxylation is 1. The molecule has 2 fully saturated rings. The van der Waals surface area contributed by atoms with Crippen LogP contribution in [-0.2, 0) is 4.79 Å². The minimum Gasteiger partial charge on any atom is -0.355 e. The van der Waals surface area contributed by atoms with Crippen LogP contribution in [0.4, 0.5) is 5.95 Å². The highest BCUT2D eigenvalue weighted by Gasteiger charge is 2.23. The van der Waals surface area contributed by atoms with E-state index in [1.54, 1.807) is 0 Å². The lowest BCUT2D eigenvalue weighted by Gasteiger charge is -2.21. The smallest absolute Gasteiger partial charge is 0.232 e. The molecule has 6 nitrogen and oxygen atoms in total. The van der Waals surface area contributed by atoms with E-state index in [9.17, 15) is 4.79 Å². The molecule has 0 spiro atoms. The average Bonchev–Trinajstić information content (AvgIpc) is 3.42. The van der Waals surface area contributed by atoms with Gasteiger partial charge in [-0.2, -0.15) is 0 Å². The number of amides is 1. The number of rotatable bonds is 7. The van der Waals surface area contributed by atoms with Gasteiger partial charge >= 0.3 is 0 Å². The van der Waals surface area contributed by atoms with Crippen molar-refractivity contribution in [3.05, 3.63) is 29.8 Å². The van der Waals surface area contributed by atoms with E-state index >= 15 is 0 Å². The molecule has 156 valence electrons. The van der Waals surface area contributed by atoms with Gasteiger partial charge in [-0.05, 0) is 50.7 Å². The Morgan fingerprint density at radius 2 is 1.79 bits per heavy atom. The van der Waals surface area contributed by atoms with Gasteiger partial charge in [-0.3, -0.25) is 9.36 Å². The van der Waals surface area contributed by atoms with E-state index in [4.69, 9.17) is 0 Å². The Hall–Kier alpha value is -2.02. The van der Waals surface area contributed by atoms with E-state index in [1.807, 2.05) is 0 Å². The number of carbonyl (C=O) groups is 1. The molecule has 1 amide bonds. The minimum atomic E-state index is 0.0850. The summed E-state index contributed by atoms with van der Waals surface area (Å²) < 4.78 is 2.10. The van der Waals surface area contributed by atoms with E-state index in [0.29, 0.717) is 11.7 Å². The van der Waals surface area contributed by atoms with Crippen LogP contribution in [0.1, 0.15) is 50.5 Å². The lowest BCUT2D eigenvalue weighted by Crippen LogP contribution is -2.31. The molecule has 1 aliphatic heterocycles. The van der Waals surface area contributed by atoms with Crippen LogP contribution in [0.5, 0.6) is 0 Å². The lowest BCUT2D eigenvalue weighted by atomic mass is 9.89. The van der Waals surface area contributed by atoms with E-state index in [-0.39, 0.29) is 5.91 Å². The Labute approximate surface area is 177 Å². The summed E-state index contributed by atoms with van der Waals surface area (Å²) in [4.78, 5) is 14.7. The molecule has 1 aromatic heterocycles. The lowest BCUT2D eigenvalue weighted by molar-refractivity contribution is -0.118. The molecule has 2 aliphatic rings. The summed E-state index contributed by atoms with van der Waals surface area (Å²) in [6.45, 7) is 4.92. The van der Waals surface area contributed by atoms with Crippen LogP contribution in [0.25, 0.3) is 5.69 Å².